The first-order valence-electron chi connectivity index (χ1n) is 7.69. The summed E-state index contributed by atoms with van der Waals surface area (Å²) in [6.45, 7) is 1.93. The number of hydrogen-bond acceptors (Lipinski definition) is 2. The molecule has 0 bridgehead atoms. The van der Waals surface area contributed by atoms with E-state index in [9.17, 15) is 10.2 Å². The molecule has 2 nitrogen and oxygen atoms in total. The second-order valence-corrected chi connectivity index (χ2v) is 6.87. The lowest BCUT2D eigenvalue weighted by molar-refractivity contribution is 0.136. The van der Waals surface area contributed by atoms with Gasteiger partial charge >= 0.3 is 0 Å². The van der Waals surface area contributed by atoms with Crippen molar-refractivity contribution in [1.82, 2.24) is 0 Å². The predicted octanol–water partition coefficient (Wildman–Crippen LogP) is 3.81. The van der Waals surface area contributed by atoms with E-state index >= 15 is 0 Å². The van der Waals surface area contributed by atoms with Crippen molar-refractivity contribution in [3.63, 3.8) is 0 Å². The number of rotatable bonds is 2. The smallest absolute Gasteiger partial charge is 0.0945 e. The quantitative estimate of drug-likeness (QED) is 0.732. The molecule has 2 heteroatoms. The Morgan fingerprint density at radius 1 is 1.11 bits per heavy atom. The largest absolute Gasteiger partial charge is 0.512 e. The van der Waals surface area contributed by atoms with Crippen LogP contribution in [0.3, 0.4) is 0 Å². The van der Waals surface area contributed by atoms with E-state index in [-0.39, 0.29) is 11.5 Å². The van der Waals surface area contributed by atoms with Gasteiger partial charge in [-0.05, 0) is 56.4 Å². The second-order valence-electron chi connectivity index (χ2n) is 6.87. The number of allylic oxidation sites excluding steroid dienone is 2. The summed E-state index contributed by atoms with van der Waals surface area (Å²) in [6.07, 6.45) is 11.3. The summed E-state index contributed by atoms with van der Waals surface area (Å²) in [4.78, 5) is 0. The van der Waals surface area contributed by atoms with Gasteiger partial charge in [-0.3, -0.25) is 0 Å². The van der Waals surface area contributed by atoms with Crippen molar-refractivity contribution in [2.45, 2.75) is 64.4 Å². The van der Waals surface area contributed by atoms with Crippen molar-refractivity contribution < 1.29 is 10.2 Å². The molecule has 102 valence electrons. The third kappa shape index (κ3) is 1.80. The minimum absolute atomic E-state index is 0.0680. The van der Waals surface area contributed by atoms with Crippen molar-refractivity contribution in [2.24, 2.45) is 23.2 Å². The lowest BCUT2D eigenvalue weighted by Crippen LogP contribution is -2.24. The van der Waals surface area contributed by atoms with Crippen LogP contribution in [0.15, 0.2) is 11.8 Å². The first-order chi connectivity index (χ1) is 8.65. The maximum Gasteiger partial charge on any atom is 0.0945 e. The maximum absolute atomic E-state index is 10.3. The molecule has 0 spiro atoms. The molecule has 0 radical (unpaired) electrons. The Morgan fingerprint density at radius 3 is 2.50 bits per heavy atom. The molecule has 0 aromatic rings. The van der Waals surface area contributed by atoms with E-state index in [1.54, 1.807) is 0 Å². The Hall–Kier alpha value is -0.500. The van der Waals surface area contributed by atoms with Crippen LogP contribution in [0.5, 0.6) is 0 Å². The molecule has 4 atom stereocenters. The predicted molar refractivity (Wildman–Crippen MR) is 72.2 cm³/mol. The number of hydrogen-bond donors (Lipinski definition) is 2. The molecule has 0 amide bonds. The molecular formula is C16H26O2. The van der Waals surface area contributed by atoms with Gasteiger partial charge in [0.2, 0.25) is 0 Å². The minimum Gasteiger partial charge on any atom is -0.512 e. The maximum atomic E-state index is 10.3. The second kappa shape index (κ2) is 4.56. The van der Waals surface area contributed by atoms with Gasteiger partial charge in [0.1, 0.15) is 0 Å². The van der Waals surface area contributed by atoms with Gasteiger partial charge in [-0.25, -0.2) is 0 Å². The summed E-state index contributed by atoms with van der Waals surface area (Å²) in [5.41, 5.74) is -0.0680. The van der Waals surface area contributed by atoms with E-state index < -0.39 is 0 Å². The van der Waals surface area contributed by atoms with E-state index in [1.807, 2.05) is 13.0 Å². The highest BCUT2D eigenvalue weighted by Crippen LogP contribution is 2.62. The lowest BCUT2D eigenvalue weighted by atomic mass is 9.77. The number of fused-ring (bicyclic) bond motifs is 1. The van der Waals surface area contributed by atoms with Gasteiger partial charge in [0.15, 0.2) is 0 Å². The van der Waals surface area contributed by atoms with Gasteiger partial charge in [0.25, 0.3) is 0 Å². The summed E-state index contributed by atoms with van der Waals surface area (Å²) >= 11 is 0. The molecule has 18 heavy (non-hydrogen) atoms. The van der Waals surface area contributed by atoms with Gasteiger partial charge in [0.05, 0.1) is 11.9 Å². The third-order valence-electron chi connectivity index (χ3n) is 6.00. The van der Waals surface area contributed by atoms with E-state index in [0.29, 0.717) is 11.7 Å². The highest BCUT2D eigenvalue weighted by Gasteiger charge is 2.56. The first-order valence-corrected chi connectivity index (χ1v) is 7.69. The molecule has 3 fully saturated rings. The summed E-state index contributed by atoms with van der Waals surface area (Å²) in [6, 6.07) is 0. The van der Waals surface area contributed by atoms with Gasteiger partial charge < -0.3 is 10.2 Å². The van der Waals surface area contributed by atoms with Crippen LogP contribution in [0.25, 0.3) is 0 Å². The number of aliphatic hydroxyl groups is 2. The lowest BCUT2D eigenvalue weighted by Gasteiger charge is -2.29. The highest BCUT2D eigenvalue weighted by molar-refractivity contribution is 5.17. The van der Waals surface area contributed by atoms with Crippen molar-refractivity contribution in [3.8, 4) is 0 Å². The minimum atomic E-state index is -0.193. The van der Waals surface area contributed by atoms with E-state index in [0.717, 1.165) is 31.1 Å². The molecule has 3 aliphatic carbocycles. The topological polar surface area (TPSA) is 40.5 Å². The standard InChI is InChI=1S/C16H26O2/c1-2-15(18)16-9-12(11-5-3-4-6-11)7-13(16)8-14(17)10-16/h2,11-14,17-18H,3-10H2,1H3/b15-2-/t12-,13-,14-,16-/m0/s1. The summed E-state index contributed by atoms with van der Waals surface area (Å²) in [5, 5.41) is 20.3. The third-order valence-corrected chi connectivity index (χ3v) is 6.00. The summed E-state index contributed by atoms with van der Waals surface area (Å²) in [5.74, 6) is 2.78. The molecule has 2 N–H and O–H groups in total. The molecule has 0 aromatic heterocycles. The van der Waals surface area contributed by atoms with Crippen molar-refractivity contribution >= 4 is 0 Å². The van der Waals surface area contributed by atoms with Gasteiger partial charge in [-0.15, -0.1) is 0 Å². The van der Waals surface area contributed by atoms with Gasteiger partial charge in [0, 0.05) is 5.41 Å². The van der Waals surface area contributed by atoms with Crippen LogP contribution in [0, 0.1) is 23.2 Å². The monoisotopic (exact) mass is 250 g/mol. The van der Waals surface area contributed by atoms with Crippen LogP contribution in [-0.2, 0) is 0 Å². The Balaban J connectivity index is 1.81. The molecule has 0 aromatic carbocycles. The van der Waals surface area contributed by atoms with Crippen molar-refractivity contribution in [1.29, 1.82) is 0 Å². The van der Waals surface area contributed by atoms with E-state index in [4.69, 9.17) is 0 Å². The average molecular weight is 250 g/mol. The van der Waals surface area contributed by atoms with Gasteiger partial charge in [-0.1, -0.05) is 25.7 Å². The zero-order valence-electron chi connectivity index (χ0n) is 11.4. The van der Waals surface area contributed by atoms with Crippen LogP contribution >= 0.6 is 0 Å². The van der Waals surface area contributed by atoms with Crippen LogP contribution in [-0.4, -0.2) is 16.3 Å². The molecule has 0 aliphatic heterocycles. The number of aliphatic hydroxyl groups excluding tert-OH is 2. The van der Waals surface area contributed by atoms with E-state index in [1.165, 1.54) is 32.1 Å². The Morgan fingerprint density at radius 2 is 1.83 bits per heavy atom. The fraction of sp³-hybridized carbons (Fsp3) is 0.875. The Bertz CT molecular complexity index is 343. The summed E-state index contributed by atoms with van der Waals surface area (Å²) in [7, 11) is 0. The fourth-order valence-electron chi connectivity index (χ4n) is 5.21. The average Bonchev–Trinajstić information content (AvgIpc) is 3.00. The Kier molecular flexibility index (Phi) is 3.17. The highest BCUT2D eigenvalue weighted by atomic mass is 16.3. The fourth-order valence-corrected chi connectivity index (χ4v) is 5.21. The normalized spacial score (nSPS) is 45.7. The van der Waals surface area contributed by atoms with Crippen LogP contribution in [0.1, 0.15) is 58.3 Å². The Labute approximate surface area is 110 Å². The molecule has 3 aliphatic rings. The van der Waals surface area contributed by atoms with E-state index in [2.05, 4.69) is 0 Å². The SMILES string of the molecule is C/C=C(\O)[C@@]12C[C@@H](O)C[C@@H]1C[C@H](C1CCCC1)C2. The zero-order valence-corrected chi connectivity index (χ0v) is 11.4. The molecule has 3 saturated carbocycles. The molecule has 3 rings (SSSR count). The first kappa shape index (κ1) is 12.5. The van der Waals surface area contributed by atoms with Crippen molar-refractivity contribution in [3.05, 3.63) is 11.8 Å². The molecule has 0 unspecified atom stereocenters. The van der Waals surface area contributed by atoms with Gasteiger partial charge in [-0.2, -0.15) is 0 Å². The van der Waals surface area contributed by atoms with Crippen LogP contribution in [0.4, 0.5) is 0 Å². The van der Waals surface area contributed by atoms with Crippen LogP contribution < -0.4 is 0 Å². The molecular weight excluding hydrogens is 224 g/mol. The molecule has 0 heterocycles. The zero-order chi connectivity index (χ0) is 12.8. The van der Waals surface area contributed by atoms with Crippen LogP contribution in [0.2, 0.25) is 0 Å². The molecule has 0 saturated heterocycles. The van der Waals surface area contributed by atoms with Crippen molar-refractivity contribution in [2.75, 3.05) is 0 Å². The summed E-state index contributed by atoms with van der Waals surface area (Å²) < 4.78 is 0.